The fraction of sp³-hybridized carbons (Fsp3) is 0.310. The predicted molar refractivity (Wildman–Crippen MR) is 160 cm³/mol. The first-order chi connectivity index (χ1) is 19.0. The maximum Gasteiger partial charge on any atom is 0.341 e. The summed E-state index contributed by atoms with van der Waals surface area (Å²) in [5, 5.41) is 8.98. The lowest BCUT2D eigenvalue weighted by molar-refractivity contribution is -0.140. The fourth-order valence-corrected chi connectivity index (χ4v) is 6.25. The number of carboxylic acids is 1. The van der Waals surface area contributed by atoms with Gasteiger partial charge in [0.2, 0.25) is 0 Å². The van der Waals surface area contributed by atoms with E-state index in [0.717, 1.165) is 11.1 Å². The molecule has 2 heterocycles. The Morgan fingerprint density at radius 2 is 1.93 bits per heavy atom. The Morgan fingerprint density at radius 1 is 1.23 bits per heavy atom. The lowest BCUT2D eigenvalue weighted by Gasteiger charge is -2.25. The summed E-state index contributed by atoms with van der Waals surface area (Å²) in [6.07, 6.45) is 1.72. The summed E-state index contributed by atoms with van der Waals surface area (Å²) >= 11 is 3.26. The van der Waals surface area contributed by atoms with Crippen LogP contribution in [0.4, 0.5) is 0 Å². The van der Waals surface area contributed by atoms with E-state index in [-0.39, 0.29) is 12.2 Å². The Labute approximate surface area is 248 Å². The molecular weight excluding hydrogens is 647 g/mol. The Bertz CT molecular complexity index is 1670. The van der Waals surface area contributed by atoms with Gasteiger partial charge in [0, 0.05) is 0 Å². The minimum atomic E-state index is -1.10. The number of benzene rings is 2. The van der Waals surface area contributed by atoms with Gasteiger partial charge in [0.25, 0.3) is 5.56 Å². The molecule has 9 nitrogen and oxygen atoms in total. The molecular formula is C29H29IN2O7S. The van der Waals surface area contributed by atoms with E-state index >= 15 is 0 Å². The number of methoxy groups -OCH3 is 1. The molecule has 0 amide bonds. The van der Waals surface area contributed by atoms with E-state index in [1.807, 2.05) is 46.9 Å². The number of allylic oxidation sites excluding steroid dienone is 1. The molecule has 1 aliphatic rings. The van der Waals surface area contributed by atoms with Gasteiger partial charge in [0.1, 0.15) is 0 Å². The van der Waals surface area contributed by atoms with E-state index in [4.69, 9.17) is 19.3 Å². The van der Waals surface area contributed by atoms with Crippen molar-refractivity contribution in [2.24, 2.45) is 4.99 Å². The van der Waals surface area contributed by atoms with Crippen LogP contribution < -0.4 is 24.4 Å². The Kier molecular flexibility index (Phi) is 9.14. The predicted octanol–water partition coefficient (Wildman–Crippen LogP) is 4.00. The molecule has 1 aromatic heterocycles. The van der Waals surface area contributed by atoms with Gasteiger partial charge in [-0.1, -0.05) is 49.4 Å². The highest BCUT2D eigenvalue weighted by Crippen LogP contribution is 2.34. The smallest absolute Gasteiger partial charge is 0.341 e. The highest BCUT2D eigenvalue weighted by atomic mass is 127. The number of aliphatic carboxylic acids is 1. The average molecular weight is 677 g/mol. The normalized spacial score (nSPS) is 15.1. The molecule has 3 aromatic rings. The van der Waals surface area contributed by atoms with Crippen LogP contribution in [0.1, 0.15) is 56.3 Å². The number of ether oxygens (including phenoxy) is 3. The number of fused-ring (bicyclic) bond motifs is 1. The number of carbonyl (C=O) groups excluding carboxylic acids is 1. The van der Waals surface area contributed by atoms with Crippen LogP contribution in [0.25, 0.3) is 6.08 Å². The number of esters is 1. The molecule has 1 N–H and O–H groups in total. The van der Waals surface area contributed by atoms with Crippen LogP contribution in [0.15, 0.2) is 57.5 Å². The van der Waals surface area contributed by atoms with Gasteiger partial charge >= 0.3 is 11.9 Å². The third-order valence-electron chi connectivity index (χ3n) is 6.33. The van der Waals surface area contributed by atoms with Crippen molar-refractivity contribution >= 4 is 51.9 Å². The van der Waals surface area contributed by atoms with Crippen LogP contribution in [-0.4, -0.2) is 41.9 Å². The third-order valence-corrected chi connectivity index (χ3v) is 8.11. The summed E-state index contributed by atoms with van der Waals surface area (Å²) in [5.74, 6) is -0.626. The first-order valence-corrected chi connectivity index (χ1v) is 14.5. The van der Waals surface area contributed by atoms with Gasteiger partial charge in [-0.15, -0.1) is 0 Å². The van der Waals surface area contributed by atoms with Crippen molar-refractivity contribution in [2.75, 3.05) is 20.3 Å². The lowest BCUT2D eigenvalue weighted by Crippen LogP contribution is -2.39. The molecule has 0 spiro atoms. The van der Waals surface area contributed by atoms with Gasteiger partial charge in [-0.05, 0) is 77.3 Å². The van der Waals surface area contributed by atoms with Crippen molar-refractivity contribution in [3.63, 3.8) is 0 Å². The summed E-state index contributed by atoms with van der Waals surface area (Å²) in [4.78, 5) is 43.0. The molecule has 2 aromatic carbocycles. The van der Waals surface area contributed by atoms with E-state index in [1.165, 1.54) is 18.4 Å². The standard InChI is InChI=1S/C29H29IN2O7S/c1-6-38-28(36)24-16(4)31-29-32(25(24)19-9-7-18(8-10-19)15(2)3)27(35)22(40-29)13-17-11-20(30)26(21(12-17)37-5)39-14-23(33)34/h7-13,15,25H,6,14H2,1-5H3,(H,33,34)/b22-13-/t25-/m0/s1. The molecule has 0 unspecified atom stereocenters. The molecule has 0 fully saturated rings. The van der Waals surface area contributed by atoms with Crippen LogP contribution in [0, 0.1) is 3.57 Å². The molecule has 0 radical (unpaired) electrons. The highest BCUT2D eigenvalue weighted by Gasteiger charge is 2.33. The van der Waals surface area contributed by atoms with E-state index in [0.29, 0.717) is 47.2 Å². The molecule has 0 aliphatic carbocycles. The second-order valence-electron chi connectivity index (χ2n) is 9.34. The van der Waals surface area contributed by atoms with Crippen molar-refractivity contribution in [3.05, 3.63) is 87.6 Å². The zero-order chi connectivity index (χ0) is 29.1. The average Bonchev–Trinajstić information content (AvgIpc) is 3.20. The van der Waals surface area contributed by atoms with E-state index < -0.39 is 24.6 Å². The van der Waals surface area contributed by atoms with Crippen molar-refractivity contribution in [3.8, 4) is 11.5 Å². The Balaban J connectivity index is 1.88. The monoisotopic (exact) mass is 676 g/mol. The molecule has 4 rings (SSSR count). The quantitative estimate of drug-likeness (QED) is 0.269. The van der Waals surface area contributed by atoms with E-state index in [9.17, 15) is 14.4 Å². The highest BCUT2D eigenvalue weighted by molar-refractivity contribution is 14.1. The van der Waals surface area contributed by atoms with Gasteiger partial charge in [0.15, 0.2) is 22.9 Å². The number of nitrogens with zero attached hydrogens (tertiary/aromatic N) is 2. The molecule has 0 saturated heterocycles. The molecule has 0 saturated carbocycles. The minimum absolute atomic E-state index is 0.200. The van der Waals surface area contributed by atoms with Gasteiger partial charge in [-0.2, -0.15) is 0 Å². The van der Waals surface area contributed by atoms with Crippen molar-refractivity contribution in [1.29, 1.82) is 0 Å². The lowest BCUT2D eigenvalue weighted by atomic mass is 9.93. The number of hydrogen-bond donors (Lipinski definition) is 1. The molecule has 11 heteroatoms. The molecule has 1 atom stereocenters. The van der Waals surface area contributed by atoms with Crippen LogP contribution in [0.2, 0.25) is 0 Å². The molecule has 210 valence electrons. The minimum Gasteiger partial charge on any atom is -0.493 e. The number of hydrogen-bond acceptors (Lipinski definition) is 8. The fourth-order valence-electron chi connectivity index (χ4n) is 4.42. The third kappa shape index (κ3) is 5.99. The number of aromatic nitrogens is 1. The number of rotatable bonds is 9. The largest absolute Gasteiger partial charge is 0.493 e. The summed E-state index contributed by atoms with van der Waals surface area (Å²) in [6, 6.07) is 10.7. The summed E-state index contributed by atoms with van der Waals surface area (Å²) in [5.41, 5.74) is 3.12. The van der Waals surface area contributed by atoms with Crippen molar-refractivity contribution in [2.45, 2.75) is 39.7 Å². The first-order valence-electron chi connectivity index (χ1n) is 12.6. The Hall–Kier alpha value is -3.45. The van der Waals surface area contributed by atoms with Gasteiger partial charge in [-0.25, -0.2) is 14.6 Å². The summed E-state index contributed by atoms with van der Waals surface area (Å²) < 4.78 is 18.8. The van der Waals surface area contributed by atoms with Gasteiger partial charge in [-0.3, -0.25) is 9.36 Å². The second kappa shape index (κ2) is 12.4. The number of thiazole rings is 1. The van der Waals surface area contributed by atoms with Crippen molar-refractivity contribution in [1.82, 2.24) is 4.57 Å². The zero-order valence-electron chi connectivity index (χ0n) is 22.7. The van der Waals surface area contributed by atoms with E-state index in [2.05, 4.69) is 18.8 Å². The van der Waals surface area contributed by atoms with Crippen molar-refractivity contribution < 1.29 is 28.9 Å². The van der Waals surface area contributed by atoms with Crippen LogP contribution in [0.5, 0.6) is 11.5 Å². The molecule has 1 aliphatic heterocycles. The second-order valence-corrected chi connectivity index (χ2v) is 11.5. The number of carboxylic acid groups (broad SMARTS) is 1. The van der Waals surface area contributed by atoms with Crippen LogP contribution >= 0.6 is 33.9 Å². The zero-order valence-corrected chi connectivity index (χ0v) is 25.7. The SMILES string of the molecule is CCOC(=O)C1=C(C)N=c2s/c(=C\c3cc(I)c(OCC(=O)O)c(OC)c3)c(=O)n2[C@H]1c1ccc(C(C)C)cc1. The van der Waals surface area contributed by atoms with Gasteiger partial charge in [0.05, 0.1) is 39.1 Å². The first kappa shape index (κ1) is 29.5. The maximum absolute atomic E-state index is 13.9. The number of halogens is 1. The summed E-state index contributed by atoms with van der Waals surface area (Å²) in [7, 11) is 1.46. The van der Waals surface area contributed by atoms with Crippen LogP contribution in [-0.2, 0) is 14.3 Å². The van der Waals surface area contributed by atoms with Gasteiger partial charge < -0.3 is 19.3 Å². The number of carbonyl (C=O) groups is 2. The van der Waals surface area contributed by atoms with E-state index in [1.54, 1.807) is 36.6 Å². The summed E-state index contributed by atoms with van der Waals surface area (Å²) in [6.45, 7) is 7.39. The topological polar surface area (TPSA) is 116 Å². The maximum atomic E-state index is 13.9. The molecule has 0 bridgehead atoms. The molecule has 40 heavy (non-hydrogen) atoms. The van der Waals surface area contributed by atoms with Crippen LogP contribution in [0.3, 0.4) is 0 Å². The Morgan fingerprint density at radius 3 is 2.52 bits per heavy atom.